The van der Waals surface area contributed by atoms with Gasteiger partial charge in [0.1, 0.15) is 0 Å². The summed E-state index contributed by atoms with van der Waals surface area (Å²) in [5, 5.41) is 16.8. The van der Waals surface area contributed by atoms with Crippen LogP contribution >= 0.6 is 0 Å². The predicted octanol–water partition coefficient (Wildman–Crippen LogP) is 0.822. The molecule has 0 atom stereocenters. The second-order valence-corrected chi connectivity index (χ2v) is 2.34. The summed E-state index contributed by atoms with van der Waals surface area (Å²) < 4.78 is 1.07. The van der Waals surface area contributed by atoms with Crippen molar-refractivity contribution < 1.29 is 5.21 Å². The minimum atomic E-state index is 0.431. The molecular weight excluding hydrogens is 128 g/mol. The van der Waals surface area contributed by atoms with Crippen molar-refractivity contribution in [2.24, 2.45) is 0 Å². The molecule has 0 aliphatic rings. The normalized spacial score (nSPS) is 9.80. The maximum absolute atomic E-state index is 9.16. The van der Waals surface area contributed by atoms with Crippen molar-refractivity contribution in [3.05, 3.63) is 28.9 Å². The summed E-state index contributed by atoms with van der Waals surface area (Å²) in [6, 6.07) is 3.21. The molecule has 1 rings (SSSR count). The minimum Gasteiger partial charge on any atom is -0.428 e. The first kappa shape index (κ1) is 6.86. The van der Waals surface area contributed by atoms with Crippen molar-refractivity contribution in [3.8, 4) is 0 Å². The highest BCUT2D eigenvalue weighted by molar-refractivity contribution is 5.08. The van der Waals surface area contributed by atoms with E-state index < -0.39 is 0 Å². The monoisotopic (exact) mass is 138 g/mol. The molecule has 0 aliphatic carbocycles. The maximum Gasteiger partial charge on any atom is 0.0576 e. The van der Waals surface area contributed by atoms with E-state index in [1.54, 1.807) is 26.0 Å². The van der Waals surface area contributed by atoms with Gasteiger partial charge in [-0.2, -0.15) is 4.73 Å². The zero-order valence-corrected chi connectivity index (χ0v) is 6.05. The Balaban J connectivity index is 3.46. The Kier molecular flexibility index (Phi) is 1.49. The molecule has 0 amide bonds. The third-order valence-electron chi connectivity index (χ3n) is 1.40. The van der Waals surface area contributed by atoms with E-state index in [0.717, 1.165) is 4.73 Å². The van der Waals surface area contributed by atoms with Crippen molar-refractivity contribution in [3.63, 3.8) is 0 Å². The first-order chi connectivity index (χ1) is 4.61. The summed E-state index contributed by atoms with van der Waals surface area (Å²) in [5.74, 6) is 0. The smallest absolute Gasteiger partial charge is 0.0576 e. The van der Waals surface area contributed by atoms with E-state index in [4.69, 9.17) is 10.6 Å². The summed E-state index contributed by atoms with van der Waals surface area (Å²) in [7, 11) is 0. The van der Waals surface area contributed by atoms with Gasteiger partial charge in [0.15, 0.2) is 0 Å². The van der Waals surface area contributed by atoms with E-state index in [0.29, 0.717) is 16.7 Å². The van der Waals surface area contributed by atoms with Crippen molar-refractivity contribution in [1.82, 2.24) is 4.73 Å². The van der Waals surface area contributed by atoms with E-state index in [2.05, 4.69) is 0 Å². The number of nitrogens with zero attached hydrogens (tertiary/aromatic N) is 1. The van der Waals surface area contributed by atoms with Crippen LogP contribution in [0.3, 0.4) is 0 Å². The summed E-state index contributed by atoms with van der Waals surface area (Å²) in [5.41, 5.74) is 1.37. The number of hydrogen-bond acceptors (Lipinski definition) is 2. The Labute approximate surface area is 59.0 Å². The summed E-state index contributed by atoms with van der Waals surface area (Å²) >= 11 is 0. The van der Waals surface area contributed by atoms with Crippen molar-refractivity contribution in [2.45, 2.75) is 13.8 Å². The zero-order valence-electron chi connectivity index (χ0n) is 6.05. The Morgan fingerprint density at radius 3 is 2.10 bits per heavy atom. The lowest BCUT2D eigenvalue weighted by Crippen LogP contribution is -2.09. The number of pyridine rings is 1. The van der Waals surface area contributed by atoms with Gasteiger partial charge in [-0.05, 0) is 26.0 Å². The van der Waals surface area contributed by atoms with Crippen molar-refractivity contribution in [2.75, 3.05) is 0 Å². The fourth-order valence-corrected chi connectivity index (χ4v) is 0.892. The first-order valence-electron chi connectivity index (χ1n) is 3.05. The van der Waals surface area contributed by atoms with Crippen LogP contribution in [0.15, 0.2) is 12.1 Å². The van der Waals surface area contributed by atoms with Crippen LogP contribution in [0.2, 0.25) is 0 Å². The van der Waals surface area contributed by atoms with E-state index >= 15 is 0 Å². The van der Waals surface area contributed by atoms with Gasteiger partial charge < -0.3 is 10.6 Å². The molecule has 0 aromatic carbocycles. The van der Waals surface area contributed by atoms with Gasteiger partial charge in [-0.25, -0.2) is 0 Å². The first-order valence-corrected chi connectivity index (χ1v) is 3.05. The van der Waals surface area contributed by atoms with E-state index in [1.807, 2.05) is 0 Å². The van der Waals surface area contributed by atoms with Crippen LogP contribution in [0, 0.1) is 19.3 Å². The second kappa shape index (κ2) is 2.17. The minimum absolute atomic E-state index is 0.431. The topological polar surface area (TPSA) is 49.0 Å². The summed E-state index contributed by atoms with van der Waals surface area (Å²) in [6.07, 6.45) is 0. The largest absolute Gasteiger partial charge is 0.428 e. The average Bonchev–Trinajstić information content (AvgIpc) is 1.82. The molecule has 0 unspecified atom stereocenters. The fraction of sp³-hybridized carbons (Fsp3) is 0.286. The average molecular weight is 138 g/mol. The molecule has 10 heavy (non-hydrogen) atoms. The molecule has 0 bridgehead atoms. The van der Waals surface area contributed by atoms with Gasteiger partial charge in [0.2, 0.25) is 0 Å². The van der Waals surface area contributed by atoms with Gasteiger partial charge in [-0.3, -0.25) is 0 Å². The van der Waals surface area contributed by atoms with Crippen LogP contribution in [0.4, 0.5) is 0 Å². The van der Waals surface area contributed by atoms with Gasteiger partial charge >= 0.3 is 0 Å². The van der Waals surface area contributed by atoms with E-state index in [1.165, 1.54) is 0 Å². The number of aromatic nitrogens is 1. The Bertz CT molecular complexity index is 275. The molecular formula is C7H10N2O. The van der Waals surface area contributed by atoms with E-state index in [-0.39, 0.29) is 0 Å². The van der Waals surface area contributed by atoms with Gasteiger partial charge in [0.25, 0.3) is 0 Å². The van der Waals surface area contributed by atoms with Crippen molar-refractivity contribution in [1.29, 1.82) is 5.41 Å². The highest BCUT2D eigenvalue weighted by atomic mass is 16.5. The highest BCUT2D eigenvalue weighted by Gasteiger charge is 1.94. The van der Waals surface area contributed by atoms with Gasteiger partial charge in [0.05, 0.1) is 16.7 Å². The number of hydrogen-bond donors (Lipinski definition) is 2. The van der Waals surface area contributed by atoms with E-state index in [9.17, 15) is 0 Å². The molecule has 1 aromatic rings. The van der Waals surface area contributed by atoms with Crippen LogP contribution in [0.5, 0.6) is 0 Å². The molecule has 3 nitrogen and oxygen atoms in total. The standard InChI is InChI=1S/C7H10N2O/c1-5-3-7(8)4-6(2)9(5)10/h3-4,8,10H,1-2H3. The van der Waals surface area contributed by atoms with Crippen LogP contribution in [0.1, 0.15) is 11.4 Å². The van der Waals surface area contributed by atoms with Crippen molar-refractivity contribution >= 4 is 0 Å². The molecule has 54 valence electrons. The molecule has 0 saturated heterocycles. The molecule has 3 heteroatoms. The Morgan fingerprint density at radius 2 is 1.70 bits per heavy atom. The van der Waals surface area contributed by atoms with Gasteiger partial charge in [-0.15, -0.1) is 0 Å². The third-order valence-corrected chi connectivity index (χ3v) is 1.40. The molecule has 0 radical (unpaired) electrons. The number of rotatable bonds is 0. The molecule has 2 N–H and O–H groups in total. The lowest BCUT2D eigenvalue weighted by atomic mass is 10.3. The highest BCUT2D eigenvalue weighted by Crippen LogP contribution is 1.95. The number of aryl methyl sites for hydroxylation is 2. The second-order valence-electron chi connectivity index (χ2n) is 2.34. The molecule has 1 aromatic heterocycles. The van der Waals surface area contributed by atoms with Gasteiger partial charge in [0, 0.05) is 0 Å². The zero-order chi connectivity index (χ0) is 7.72. The quantitative estimate of drug-likeness (QED) is 0.512. The molecule has 0 aliphatic heterocycles. The lowest BCUT2D eigenvalue weighted by molar-refractivity contribution is 0.170. The molecule has 0 fully saturated rings. The predicted molar refractivity (Wildman–Crippen MR) is 36.9 cm³/mol. The summed E-state index contributed by atoms with van der Waals surface area (Å²) in [4.78, 5) is 0. The van der Waals surface area contributed by atoms with Crippen LogP contribution < -0.4 is 5.36 Å². The Morgan fingerprint density at radius 1 is 1.30 bits per heavy atom. The van der Waals surface area contributed by atoms with Crippen LogP contribution in [-0.2, 0) is 0 Å². The lowest BCUT2D eigenvalue weighted by Gasteiger charge is -2.04. The molecule has 0 saturated carbocycles. The number of nitrogens with one attached hydrogen (secondary N) is 1. The van der Waals surface area contributed by atoms with Gasteiger partial charge in [-0.1, -0.05) is 0 Å². The van der Waals surface area contributed by atoms with Crippen LogP contribution in [0.25, 0.3) is 0 Å². The SMILES string of the molecule is Cc1cc(=N)cc(C)n1O. The Hall–Kier alpha value is -1.25. The summed E-state index contributed by atoms with van der Waals surface area (Å²) in [6.45, 7) is 3.51. The third kappa shape index (κ3) is 1.03. The molecule has 1 heterocycles. The molecule has 0 spiro atoms. The fourth-order valence-electron chi connectivity index (χ4n) is 0.892. The maximum atomic E-state index is 9.16. The van der Waals surface area contributed by atoms with Crippen LogP contribution in [-0.4, -0.2) is 9.94 Å².